The Morgan fingerprint density at radius 2 is 1.86 bits per heavy atom. The second-order valence-corrected chi connectivity index (χ2v) is 5.89. The molecule has 0 saturated carbocycles. The van der Waals surface area contributed by atoms with E-state index in [1.54, 1.807) is 6.07 Å². The number of carbonyl (C=O) groups is 1. The zero-order valence-corrected chi connectivity index (χ0v) is 13.7. The van der Waals surface area contributed by atoms with E-state index in [2.05, 4.69) is 5.32 Å². The molecular weight excluding hydrogens is 266 g/mol. The maximum atomic E-state index is 11.3. The van der Waals surface area contributed by atoms with Crippen molar-refractivity contribution < 1.29 is 14.3 Å². The van der Waals surface area contributed by atoms with Gasteiger partial charge in [0.2, 0.25) is 12.2 Å². The number of nitrogens with one attached hydrogen (secondary N) is 1. The van der Waals surface area contributed by atoms with Crippen molar-refractivity contribution in [3.63, 3.8) is 0 Å². The molecule has 1 atom stereocenters. The van der Waals surface area contributed by atoms with E-state index in [0.29, 0.717) is 11.4 Å². The monoisotopic (exact) mass is 291 g/mol. The number of ether oxygens (including phenoxy) is 2. The van der Waals surface area contributed by atoms with Crippen molar-refractivity contribution in [3.8, 4) is 5.75 Å². The van der Waals surface area contributed by atoms with E-state index in [9.17, 15) is 4.79 Å². The predicted molar refractivity (Wildman–Crippen MR) is 85.4 cm³/mol. The van der Waals surface area contributed by atoms with E-state index < -0.39 is 6.29 Å². The summed E-state index contributed by atoms with van der Waals surface area (Å²) in [4.78, 5) is 11.3. The summed E-state index contributed by atoms with van der Waals surface area (Å²) in [5.41, 5.74) is 1.27. The Morgan fingerprint density at radius 1 is 1.24 bits per heavy atom. The number of benzene rings is 1. The van der Waals surface area contributed by atoms with Gasteiger partial charge in [-0.3, -0.25) is 4.79 Å². The normalized spacial score (nSPS) is 13.7. The van der Waals surface area contributed by atoms with Crippen LogP contribution in [0.15, 0.2) is 35.9 Å². The first-order valence-corrected chi connectivity index (χ1v) is 7.07. The topological polar surface area (TPSA) is 47.6 Å². The van der Waals surface area contributed by atoms with E-state index >= 15 is 0 Å². The van der Waals surface area contributed by atoms with E-state index in [-0.39, 0.29) is 11.5 Å². The molecule has 1 aromatic carbocycles. The summed E-state index contributed by atoms with van der Waals surface area (Å²) in [6.07, 6.45) is 1.46. The number of amides is 1. The van der Waals surface area contributed by atoms with Crippen LogP contribution in [0.2, 0.25) is 0 Å². The van der Waals surface area contributed by atoms with Crippen LogP contribution in [0.25, 0.3) is 0 Å². The number of rotatable bonds is 5. The second kappa shape index (κ2) is 7.27. The van der Waals surface area contributed by atoms with Crippen LogP contribution < -0.4 is 10.1 Å². The highest BCUT2D eigenvalue weighted by atomic mass is 16.7. The zero-order valence-electron chi connectivity index (χ0n) is 13.7. The molecule has 21 heavy (non-hydrogen) atoms. The molecule has 0 heterocycles. The van der Waals surface area contributed by atoms with Gasteiger partial charge in [0, 0.05) is 6.92 Å². The Kier molecular flexibility index (Phi) is 5.97. The van der Waals surface area contributed by atoms with Crippen molar-refractivity contribution in [1.29, 1.82) is 0 Å². The van der Waals surface area contributed by atoms with Crippen LogP contribution in [-0.4, -0.2) is 17.8 Å². The van der Waals surface area contributed by atoms with Crippen molar-refractivity contribution in [2.75, 3.05) is 5.32 Å². The van der Waals surface area contributed by atoms with Crippen LogP contribution in [0.3, 0.4) is 0 Å². The molecule has 1 N–H and O–H groups in total. The van der Waals surface area contributed by atoms with E-state index in [0.717, 1.165) is 5.57 Å². The van der Waals surface area contributed by atoms with Crippen molar-refractivity contribution in [2.24, 2.45) is 0 Å². The Bertz CT molecular complexity index is 515. The quantitative estimate of drug-likeness (QED) is 0.655. The zero-order chi connectivity index (χ0) is 16.0. The standard InChI is InChI=1S/C17H25NO3/c1-7-12(2)16(21-17(4,5)6)20-15-11-9-8-10-14(15)18-13(3)19/h7-11,16H,1-6H3,(H,18,19). The summed E-state index contributed by atoms with van der Waals surface area (Å²) in [6, 6.07) is 7.32. The maximum Gasteiger partial charge on any atom is 0.222 e. The van der Waals surface area contributed by atoms with Crippen LogP contribution >= 0.6 is 0 Å². The molecule has 1 rings (SSSR count). The van der Waals surface area contributed by atoms with Gasteiger partial charge in [-0.1, -0.05) is 18.2 Å². The third-order valence-corrected chi connectivity index (χ3v) is 2.72. The largest absolute Gasteiger partial charge is 0.459 e. The fourth-order valence-electron chi connectivity index (χ4n) is 1.64. The third kappa shape index (κ3) is 6.00. The highest BCUT2D eigenvalue weighted by Gasteiger charge is 2.22. The maximum absolute atomic E-state index is 11.3. The van der Waals surface area contributed by atoms with Gasteiger partial charge in [-0.15, -0.1) is 0 Å². The fraction of sp³-hybridized carbons (Fsp3) is 0.471. The van der Waals surface area contributed by atoms with Crippen molar-refractivity contribution >= 4 is 11.6 Å². The molecule has 4 heteroatoms. The van der Waals surface area contributed by atoms with Gasteiger partial charge in [0.05, 0.1) is 11.3 Å². The molecule has 0 saturated heterocycles. The third-order valence-electron chi connectivity index (χ3n) is 2.72. The average Bonchev–Trinajstić information content (AvgIpc) is 2.37. The van der Waals surface area contributed by atoms with Gasteiger partial charge in [-0.25, -0.2) is 0 Å². The van der Waals surface area contributed by atoms with Crippen LogP contribution in [0.5, 0.6) is 5.75 Å². The summed E-state index contributed by atoms with van der Waals surface area (Å²) < 4.78 is 11.9. The number of carbonyl (C=O) groups excluding carboxylic acids is 1. The smallest absolute Gasteiger partial charge is 0.222 e. The number of hydrogen-bond donors (Lipinski definition) is 1. The van der Waals surface area contributed by atoms with Crippen LogP contribution in [0.1, 0.15) is 41.5 Å². The summed E-state index contributed by atoms with van der Waals surface area (Å²) >= 11 is 0. The predicted octanol–water partition coefficient (Wildman–Crippen LogP) is 4.13. The van der Waals surface area contributed by atoms with E-state index in [1.165, 1.54) is 6.92 Å². The van der Waals surface area contributed by atoms with E-state index in [4.69, 9.17) is 9.47 Å². The summed E-state index contributed by atoms with van der Waals surface area (Å²) in [6.45, 7) is 11.3. The molecule has 116 valence electrons. The Morgan fingerprint density at radius 3 is 2.38 bits per heavy atom. The fourth-order valence-corrected chi connectivity index (χ4v) is 1.64. The highest BCUT2D eigenvalue weighted by molar-refractivity contribution is 5.90. The first kappa shape index (κ1) is 17.2. The lowest BCUT2D eigenvalue weighted by molar-refractivity contribution is -0.130. The molecule has 4 nitrogen and oxygen atoms in total. The molecule has 0 radical (unpaired) electrons. The molecule has 0 bridgehead atoms. The van der Waals surface area contributed by atoms with Gasteiger partial charge in [0.1, 0.15) is 5.75 Å². The lowest BCUT2D eigenvalue weighted by Crippen LogP contribution is -2.32. The van der Waals surface area contributed by atoms with Gasteiger partial charge in [-0.05, 0) is 52.3 Å². The van der Waals surface area contributed by atoms with Gasteiger partial charge >= 0.3 is 0 Å². The van der Waals surface area contributed by atoms with Crippen molar-refractivity contribution in [2.45, 2.75) is 53.4 Å². The summed E-state index contributed by atoms with van der Waals surface area (Å²) in [7, 11) is 0. The number of allylic oxidation sites excluding steroid dienone is 1. The first-order valence-electron chi connectivity index (χ1n) is 7.07. The summed E-state index contributed by atoms with van der Waals surface area (Å²) in [5.74, 6) is 0.449. The molecule has 0 spiro atoms. The van der Waals surface area contributed by atoms with Gasteiger partial charge in [0.25, 0.3) is 0 Å². The number of anilines is 1. The molecule has 1 aromatic rings. The molecule has 1 amide bonds. The Labute approximate surface area is 127 Å². The average molecular weight is 291 g/mol. The van der Waals surface area contributed by atoms with E-state index in [1.807, 2.05) is 58.9 Å². The van der Waals surface area contributed by atoms with Crippen molar-refractivity contribution in [1.82, 2.24) is 0 Å². The molecule has 0 aromatic heterocycles. The molecule has 0 aliphatic rings. The molecule has 0 fully saturated rings. The highest BCUT2D eigenvalue weighted by Crippen LogP contribution is 2.28. The molecular formula is C17H25NO3. The SMILES string of the molecule is CC=C(C)C(Oc1ccccc1NC(C)=O)OC(C)(C)C. The Hall–Kier alpha value is -1.81. The minimum atomic E-state index is -0.495. The molecule has 0 aliphatic heterocycles. The van der Waals surface area contributed by atoms with Crippen LogP contribution in [0, 0.1) is 0 Å². The lowest BCUT2D eigenvalue weighted by Gasteiger charge is -2.29. The van der Waals surface area contributed by atoms with Crippen LogP contribution in [-0.2, 0) is 9.53 Å². The first-order chi connectivity index (χ1) is 9.73. The number of hydrogen-bond acceptors (Lipinski definition) is 3. The molecule has 0 aliphatic carbocycles. The molecule has 1 unspecified atom stereocenters. The minimum absolute atomic E-state index is 0.137. The summed E-state index contributed by atoms with van der Waals surface area (Å²) in [5, 5.41) is 2.76. The van der Waals surface area contributed by atoms with Gasteiger partial charge in [0.15, 0.2) is 0 Å². The minimum Gasteiger partial charge on any atom is -0.459 e. The second-order valence-electron chi connectivity index (χ2n) is 5.89. The Balaban J connectivity index is 3.01. The van der Waals surface area contributed by atoms with Crippen LogP contribution in [0.4, 0.5) is 5.69 Å². The van der Waals surface area contributed by atoms with Gasteiger partial charge in [-0.2, -0.15) is 0 Å². The lowest BCUT2D eigenvalue weighted by atomic mass is 10.2. The number of para-hydroxylation sites is 2. The van der Waals surface area contributed by atoms with Crippen molar-refractivity contribution in [3.05, 3.63) is 35.9 Å². The van der Waals surface area contributed by atoms with Gasteiger partial charge < -0.3 is 14.8 Å².